The van der Waals surface area contributed by atoms with E-state index >= 15 is 0 Å². The van der Waals surface area contributed by atoms with Gasteiger partial charge >= 0.3 is 0 Å². The summed E-state index contributed by atoms with van der Waals surface area (Å²) < 4.78 is 13.8. The molecule has 0 radical (unpaired) electrons. The highest BCUT2D eigenvalue weighted by Gasteiger charge is 2.19. The minimum atomic E-state index is -0.198. The number of nitrogens with two attached hydrogens (primary N) is 1. The zero-order valence-electron chi connectivity index (χ0n) is 9.19. The first-order chi connectivity index (χ1) is 6.96. The minimum absolute atomic E-state index is 0.116. The summed E-state index contributed by atoms with van der Waals surface area (Å²) in [6, 6.07) is 5.16. The van der Waals surface area contributed by atoms with E-state index in [0.717, 1.165) is 18.4 Å². The third-order valence-electron chi connectivity index (χ3n) is 2.52. The van der Waals surface area contributed by atoms with E-state index in [-0.39, 0.29) is 11.2 Å². The van der Waals surface area contributed by atoms with Gasteiger partial charge in [0.15, 0.2) is 0 Å². The Bertz CT molecular complexity index is 336. The molecule has 1 aromatic rings. The van der Waals surface area contributed by atoms with Crippen LogP contribution in [0.25, 0.3) is 0 Å². The van der Waals surface area contributed by atoms with Crippen LogP contribution in [0.1, 0.15) is 25.8 Å². The highest BCUT2D eigenvalue weighted by Crippen LogP contribution is 2.30. The average Bonchev–Trinajstić information content (AvgIpc) is 2.12. The minimum Gasteiger partial charge on any atom is -0.330 e. The summed E-state index contributed by atoms with van der Waals surface area (Å²) in [7, 11) is 0. The third-order valence-corrected chi connectivity index (χ3v) is 3.41. The lowest BCUT2D eigenvalue weighted by atomic mass is 9.83. The fraction of sp³-hybridized carbons (Fsp3) is 0.500. The molecule has 1 rings (SSSR count). The molecule has 2 N–H and O–H groups in total. The number of hydrogen-bond acceptors (Lipinski definition) is 1. The molecular weight excluding hydrogens is 257 g/mol. The zero-order valence-corrected chi connectivity index (χ0v) is 10.8. The summed E-state index contributed by atoms with van der Waals surface area (Å²) in [6.07, 6.45) is 1.78. The lowest BCUT2D eigenvalue weighted by Crippen LogP contribution is -2.20. The maximum absolute atomic E-state index is 13.3. The van der Waals surface area contributed by atoms with Gasteiger partial charge in [-0.3, -0.25) is 0 Å². The Morgan fingerprint density at radius 3 is 2.67 bits per heavy atom. The maximum Gasteiger partial charge on any atom is 0.137 e. The highest BCUT2D eigenvalue weighted by molar-refractivity contribution is 9.10. The molecule has 0 heterocycles. The van der Waals surface area contributed by atoms with Crippen LogP contribution in [-0.2, 0) is 6.42 Å². The van der Waals surface area contributed by atoms with Gasteiger partial charge in [0.1, 0.15) is 5.82 Å². The second kappa shape index (κ2) is 5.08. The van der Waals surface area contributed by atoms with E-state index in [1.165, 1.54) is 6.07 Å². The van der Waals surface area contributed by atoms with Gasteiger partial charge in [0.05, 0.1) is 4.47 Å². The van der Waals surface area contributed by atoms with Crippen molar-refractivity contribution in [3.05, 3.63) is 34.1 Å². The summed E-state index contributed by atoms with van der Waals surface area (Å²) in [5.41, 5.74) is 6.67. The molecule has 0 unspecified atom stereocenters. The SMILES string of the molecule is CC(C)(CCN)Cc1cccc(F)c1Br. The Kier molecular flexibility index (Phi) is 4.29. The Labute approximate surface area is 99.0 Å². The maximum atomic E-state index is 13.3. The van der Waals surface area contributed by atoms with Crippen LogP contribution < -0.4 is 5.73 Å². The first-order valence-electron chi connectivity index (χ1n) is 5.09. The Morgan fingerprint density at radius 1 is 1.40 bits per heavy atom. The summed E-state index contributed by atoms with van der Waals surface area (Å²) in [4.78, 5) is 0. The van der Waals surface area contributed by atoms with E-state index < -0.39 is 0 Å². The van der Waals surface area contributed by atoms with E-state index in [1.54, 1.807) is 6.07 Å². The van der Waals surface area contributed by atoms with Crippen LogP contribution >= 0.6 is 15.9 Å². The van der Waals surface area contributed by atoms with Crippen LogP contribution in [0.5, 0.6) is 0 Å². The fourth-order valence-electron chi connectivity index (χ4n) is 1.68. The average molecular weight is 274 g/mol. The quantitative estimate of drug-likeness (QED) is 0.893. The largest absolute Gasteiger partial charge is 0.330 e. The second-order valence-corrected chi connectivity index (χ2v) is 5.39. The van der Waals surface area contributed by atoms with Crippen LogP contribution in [0.4, 0.5) is 4.39 Å². The molecule has 0 amide bonds. The van der Waals surface area contributed by atoms with Crippen molar-refractivity contribution in [1.29, 1.82) is 0 Å². The molecule has 0 aliphatic heterocycles. The van der Waals surface area contributed by atoms with Crippen LogP contribution in [0, 0.1) is 11.2 Å². The summed E-state index contributed by atoms with van der Waals surface area (Å²) >= 11 is 3.28. The molecule has 0 aliphatic carbocycles. The van der Waals surface area contributed by atoms with Gasteiger partial charge in [0, 0.05) is 0 Å². The molecule has 0 fully saturated rings. The molecule has 0 aliphatic rings. The summed E-state index contributed by atoms with van der Waals surface area (Å²) in [5, 5.41) is 0. The number of benzene rings is 1. The van der Waals surface area contributed by atoms with Gasteiger partial charge in [0.25, 0.3) is 0 Å². The van der Waals surface area contributed by atoms with E-state index in [1.807, 2.05) is 6.07 Å². The van der Waals surface area contributed by atoms with E-state index in [9.17, 15) is 4.39 Å². The summed E-state index contributed by atoms with van der Waals surface area (Å²) in [6.45, 7) is 4.97. The van der Waals surface area contributed by atoms with Crippen molar-refractivity contribution >= 4 is 15.9 Å². The molecule has 0 aromatic heterocycles. The predicted octanol–water partition coefficient (Wildman–Crippen LogP) is 3.51. The lowest BCUT2D eigenvalue weighted by Gasteiger charge is -2.24. The Hall–Kier alpha value is -0.410. The standard InChI is InChI=1S/C12H17BrFN/c1-12(2,6-7-15)8-9-4-3-5-10(14)11(9)13/h3-5H,6-8,15H2,1-2H3. The van der Waals surface area contributed by atoms with Crippen molar-refractivity contribution in [2.75, 3.05) is 6.54 Å². The molecular formula is C12H17BrFN. The van der Waals surface area contributed by atoms with Crippen molar-refractivity contribution in [2.24, 2.45) is 11.1 Å². The normalized spacial score (nSPS) is 11.8. The van der Waals surface area contributed by atoms with Gasteiger partial charge in [-0.1, -0.05) is 26.0 Å². The molecule has 0 bridgehead atoms. The van der Waals surface area contributed by atoms with Gasteiger partial charge in [-0.15, -0.1) is 0 Å². The fourth-order valence-corrected chi connectivity index (χ4v) is 2.08. The van der Waals surface area contributed by atoms with Gasteiger partial charge in [-0.25, -0.2) is 4.39 Å². The molecule has 0 saturated carbocycles. The molecule has 1 nitrogen and oxygen atoms in total. The summed E-state index contributed by atoms with van der Waals surface area (Å²) in [5.74, 6) is -0.198. The van der Waals surface area contributed by atoms with Gasteiger partial charge < -0.3 is 5.73 Å². The van der Waals surface area contributed by atoms with Crippen LogP contribution in [-0.4, -0.2) is 6.54 Å². The molecule has 1 aromatic carbocycles. The Balaban J connectivity index is 2.85. The van der Waals surface area contributed by atoms with E-state index in [4.69, 9.17) is 5.73 Å². The molecule has 84 valence electrons. The molecule has 0 saturated heterocycles. The molecule has 0 atom stereocenters. The van der Waals surface area contributed by atoms with Crippen molar-refractivity contribution in [2.45, 2.75) is 26.7 Å². The molecule has 3 heteroatoms. The molecule has 15 heavy (non-hydrogen) atoms. The first-order valence-corrected chi connectivity index (χ1v) is 5.88. The smallest absolute Gasteiger partial charge is 0.137 e. The predicted molar refractivity (Wildman–Crippen MR) is 65.3 cm³/mol. The topological polar surface area (TPSA) is 26.0 Å². The van der Waals surface area contributed by atoms with E-state index in [2.05, 4.69) is 29.8 Å². The van der Waals surface area contributed by atoms with Gasteiger partial charge in [-0.05, 0) is 52.4 Å². The third kappa shape index (κ3) is 3.58. The number of halogens is 2. The van der Waals surface area contributed by atoms with Crippen molar-refractivity contribution < 1.29 is 4.39 Å². The number of hydrogen-bond donors (Lipinski definition) is 1. The van der Waals surface area contributed by atoms with Crippen LogP contribution in [0.2, 0.25) is 0 Å². The van der Waals surface area contributed by atoms with E-state index in [0.29, 0.717) is 11.0 Å². The number of rotatable bonds is 4. The molecule has 0 spiro atoms. The van der Waals surface area contributed by atoms with Crippen LogP contribution in [0.3, 0.4) is 0 Å². The van der Waals surface area contributed by atoms with Crippen molar-refractivity contribution in [3.8, 4) is 0 Å². The van der Waals surface area contributed by atoms with Crippen LogP contribution in [0.15, 0.2) is 22.7 Å². The lowest BCUT2D eigenvalue weighted by molar-refractivity contribution is 0.337. The zero-order chi connectivity index (χ0) is 11.5. The first kappa shape index (κ1) is 12.7. The monoisotopic (exact) mass is 273 g/mol. The van der Waals surface area contributed by atoms with Crippen molar-refractivity contribution in [1.82, 2.24) is 0 Å². The van der Waals surface area contributed by atoms with Gasteiger partial charge in [0.2, 0.25) is 0 Å². The Morgan fingerprint density at radius 2 is 2.07 bits per heavy atom. The highest BCUT2D eigenvalue weighted by atomic mass is 79.9. The van der Waals surface area contributed by atoms with Crippen molar-refractivity contribution in [3.63, 3.8) is 0 Å². The van der Waals surface area contributed by atoms with Gasteiger partial charge in [-0.2, -0.15) is 0 Å². The second-order valence-electron chi connectivity index (χ2n) is 4.59.